The van der Waals surface area contributed by atoms with Crippen molar-refractivity contribution in [1.29, 1.82) is 0 Å². The summed E-state index contributed by atoms with van der Waals surface area (Å²) in [5, 5.41) is 2.44. The Labute approximate surface area is 110 Å². The lowest BCUT2D eigenvalue weighted by molar-refractivity contribution is -0.126. The molecule has 0 aromatic rings. The number of imide groups is 1. The van der Waals surface area contributed by atoms with Crippen LogP contribution in [0.15, 0.2) is 12.2 Å². The number of carbonyl (C=O) groups excluding carboxylic acids is 2. The van der Waals surface area contributed by atoms with Crippen LogP contribution in [0.3, 0.4) is 0 Å². The number of nitrogens with one attached hydrogen (secondary N) is 1. The van der Waals surface area contributed by atoms with Gasteiger partial charge >= 0.3 is 0 Å². The second-order valence-corrected chi connectivity index (χ2v) is 5.57. The third-order valence-electron chi connectivity index (χ3n) is 3.70. The Bertz CT molecular complexity index is 333. The van der Waals surface area contributed by atoms with Gasteiger partial charge in [-0.15, -0.1) is 0 Å². The standard InChI is InChI=1S/C15H25NO2/c1-5-6-7-8-9-11(4)13-12(10(2)3)14(17)16-15(13)18/h10,12-13H,4-9H2,1-3H3,(H,16,17,18). The molecule has 102 valence electrons. The first-order chi connectivity index (χ1) is 8.49. The van der Waals surface area contributed by atoms with Crippen LogP contribution in [0.4, 0.5) is 0 Å². The van der Waals surface area contributed by atoms with Gasteiger partial charge < -0.3 is 0 Å². The van der Waals surface area contributed by atoms with Crippen LogP contribution < -0.4 is 5.32 Å². The predicted molar refractivity (Wildman–Crippen MR) is 72.9 cm³/mol. The molecule has 1 aliphatic rings. The molecule has 0 radical (unpaired) electrons. The Hall–Kier alpha value is -1.12. The van der Waals surface area contributed by atoms with Gasteiger partial charge in [-0.05, 0) is 18.8 Å². The quantitative estimate of drug-likeness (QED) is 0.429. The normalized spacial score (nSPS) is 23.6. The van der Waals surface area contributed by atoms with Crippen LogP contribution >= 0.6 is 0 Å². The lowest BCUT2D eigenvalue weighted by Crippen LogP contribution is -2.25. The van der Waals surface area contributed by atoms with Gasteiger partial charge in [-0.3, -0.25) is 14.9 Å². The zero-order valence-corrected chi connectivity index (χ0v) is 11.8. The molecular weight excluding hydrogens is 226 g/mol. The zero-order valence-electron chi connectivity index (χ0n) is 11.8. The molecule has 0 spiro atoms. The summed E-state index contributed by atoms with van der Waals surface area (Å²) in [5.74, 6) is -0.641. The fourth-order valence-corrected chi connectivity index (χ4v) is 2.66. The van der Waals surface area contributed by atoms with Crippen molar-refractivity contribution in [3.05, 3.63) is 12.2 Å². The first-order valence-corrected chi connectivity index (χ1v) is 7.01. The van der Waals surface area contributed by atoms with E-state index in [1.54, 1.807) is 0 Å². The van der Waals surface area contributed by atoms with Gasteiger partial charge in [-0.25, -0.2) is 0 Å². The van der Waals surface area contributed by atoms with Crippen LogP contribution in [0.5, 0.6) is 0 Å². The maximum atomic E-state index is 11.8. The molecule has 3 nitrogen and oxygen atoms in total. The highest BCUT2D eigenvalue weighted by Gasteiger charge is 2.44. The molecule has 2 atom stereocenters. The monoisotopic (exact) mass is 251 g/mol. The minimum atomic E-state index is -0.306. The Morgan fingerprint density at radius 2 is 1.89 bits per heavy atom. The first kappa shape index (κ1) is 14.9. The molecule has 1 rings (SSSR count). The molecule has 1 saturated heterocycles. The van der Waals surface area contributed by atoms with E-state index in [1.165, 1.54) is 19.3 Å². The third kappa shape index (κ3) is 3.44. The van der Waals surface area contributed by atoms with E-state index in [9.17, 15) is 9.59 Å². The van der Waals surface area contributed by atoms with Crippen molar-refractivity contribution in [2.24, 2.45) is 17.8 Å². The van der Waals surface area contributed by atoms with Crippen LogP contribution in [0.1, 0.15) is 52.9 Å². The van der Waals surface area contributed by atoms with Gasteiger partial charge in [-0.2, -0.15) is 0 Å². The lowest BCUT2D eigenvalue weighted by atomic mass is 9.80. The average molecular weight is 251 g/mol. The van der Waals surface area contributed by atoms with E-state index in [2.05, 4.69) is 18.8 Å². The molecule has 18 heavy (non-hydrogen) atoms. The van der Waals surface area contributed by atoms with Crippen molar-refractivity contribution in [2.45, 2.75) is 52.9 Å². The fraction of sp³-hybridized carbons (Fsp3) is 0.733. The molecule has 1 N–H and O–H groups in total. The zero-order chi connectivity index (χ0) is 13.7. The molecule has 0 aromatic carbocycles. The van der Waals surface area contributed by atoms with E-state index >= 15 is 0 Å². The number of unbranched alkanes of at least 4 members (excludes halogenated alkanes) is 3. The van der Waals surface area contributed by atoms with E-state index in [0.717, 1.165) is 18.4 Å². The van der Waals surface area contributed by atoms with Crippen molar-refractivity contribution in [3.63, 3.8) is 0 Å². The molecule has 2 unspecified atom stereocenters. The van der Waals surface area contributed by atoms with Crippen LogP contribution in [0, 0.1) is 17.8 Å². The molecule has 1 fully saturated rings. The molecule has 0 aliphatic carbocycles. The fourth-order valence-electron chi connectivity index (χ4n) is 2.66. The number of carbonyl (C=O) groups is 2. The van der Waals surface area contributed by atoms with E-state index in [1.807, 2.05) is 13.8 Å². The summed E-state index contributed by atoms with van der Waals surface area (Å²) in [4.78, 5) is 23.6. The van der Waals surface area contributed by atoms with E-state index in [0.29, 0.717) is 0 Å². The number of hydrogen-bond donors (Lipinski definition) is 1. The second-order valence-electron chi connectivity index (χ2n) is 5.57. The van der Waals surface area contributed by atoms with Crippen molar-refractivity contribution < 1.29 is 9.59 Å². The maximum Gasteiger partial charge on any atom is 0.234 e. The smallest absolute Gasteiger partial charge is 0.234 e. The van der Waals surface area contributed by atoms with Crippen molar-refractivity contribution >= 4 is 11.8 Å². The molecule has 2 amide bonds. The molecule has 3 heteroatoms. The van der Waals surface area contributed by atoms with Crippen LogP contribution in [0.2, 0.25) is 0 Å². The Balaban J connectivity index is 2.59. The Morgan fingerprint density at radius 3 is 2.44 bits per heavy atom. The lowest BCUT2D eigenvalue weighted by Gasteiger charge is -2.20. The Morgan fingerprint density at radius 1 is 1.22 bits per heavy atom. The SMILES string of the molecule is C=C(CCCCCC)C1C(=O)NC(=O)C1C(C)C. The predicted octanol–water partition coefficient (Wildman–Crippen LogP) is 3.06. The highest BCUT2D eigenvalue weighted by molar-refractivity contribution is 6.06. The summed E-state index contributed by atoms with van der Waals surface area (Å²) >= 11 is 0. The van der Waals surface area contributed by atoms with Crippen LogP contribution in [-0.2, 0) is 9.59 Å². The summed E-state index contributed by atoms with van der Waals surface area (Å²) in [7, 11) is 0. The molecule has 0 saturated carbocycles. The van der Waals surface area contributed by atoms with Gasteiger partial charge in [0.25, 0.3) is 0 Å². The third-order valence-corrected chi connectivity index (χ3v) is 3.70. The minimum Gasteiger partial charge on any atom is -0.296 e. The molecule has 1 heterocycles. The maximum absolute atomic E-state index is 11.8. The molecule has 1 aliphatic heterocycles. The van der Waals surface area contributed by atoms with Crippen molar-refractivity contribution in [1.82, 2.24) is 5.32 Å². The van der Waals surface area contributed by atoms with E-state index in [4.69, 9.17) is 0 Å². The Kier molecular flexibility index (Phi) is 5.57. The number of amides is 2. The van der Waals surface area contributed by atoms with Gasteiger partial charge in [0.05, 0.1) is 11.8 Å². The number of hydrogen-bond acceptors (Lipinski definition) is 2. The van der Waals surface area contributed by atoms with Crippen molar-refractivity contribution in [2.75, 3.05) is 0 Å². The topological polar surface area (TPSA) is 46.2 Å². The summed E-state index contributed by atoms with van der Waals surface area (Å²) in [6.07, 6.45) is 5.51. The minimum absolute atomic E-state index is 0.130. The first-order valence-electron chi connectivity index (χ1n) is 7.01. The van der Waals surface area contributed by atoms with Gasteiger partial charge in [0.2, 0.25) is 11.8 Å². The van der Waals surface area contributed by atoms with Gasteiger partial charge in [0.15, 0.2) is 0 Å². The summed E-state index contributed by atoms with van der Waals surface area (Å²) in [6.45, 7) is 10.2. The number of rotatable bonds is 7. The summed E-state index contributed by atoms with van der Waals surface area (Å²) < 4.78 is 0. The molecule has 0 bridgehead atoms. The second kappa shape index (κ2) is 6.72. The average Bonchev–Trinajstić information content (AvgIpc) is 2.59. The van der Waals surface area contributed by atoms with E-state index in [-0.39, 0.29) is 29.6 Å². The highest BCUT2D eigenvalue weighted by Crippen LogP contribution is 2.33. The van der Waals surface area contributed by atoms with Gasteiger partial charge in [-0.1, -0.05) is 52.2 Å². The van der Waals surface area contributed by atoms with Crippen molar-refractivity contribution in [3.8, 4) is 0 Å². The van der Waals surface area contributed by atoms with E-state index < -0.39 is 0 Å². The highest BCUT2D eigenvalue weighted by atomic mass is 16.2. The van der Waals surface area contributed by atoms with Gasteiger partial charge in [0, 0.05) is 0 Å². The summed E-state index contributed by atoms with van der Waals surface area (Å²) in [6, 6.07) is 0. The summed E-state index contributed by atoms with van der Waals surface area (Å²) in [5.41, 5.74) is 0.924. The van der Waals surface area contributed by atoms with Gasteiger partial charge in [0.1, 0.15) is 0 Å². The van der Waals surface area contributed by atoms with Crippen LogP contribution in [0.25, 0.3) is 0 Å². The largest absolute Gasteiger partial charge is 0.296 e. The molecule has 0 aromatic heterocycles. The van der Waals surface area contributed by atoms with Crippen LogP contribution in [-0.4, -0.2) is 11.8 Å². The molecular formula is C15H25NO2.